The highest BCUT2D eigenvalue weighted by molar-refractivity contribution is 6.31. The molecular formula is C26H29ClN6O3. The summed E-state index contributed by atoms with van der Waals surface area (Å²) < 4.78 is 13.1. The van der Waals surface area contributed by atoms with Crippen LogP contribution >= 0.6 is 11.6 Å². The molecule has 3 aromatic rings. The summed E-state index contributed by atoms with van der Waals surface area (Å²) in [6.07, 6.45) is 7.97. The van der Waals surface area contributed by atoms with Gasteiger partial charge in [0.05, 0.1) is 24.1 Å². The molecule has 0 unspecified atom stereocenters. The minimum absolute atomic E-state index is 0.0948. The number of carbonyl (C=O) groups is 1. The van der Waals surface area contributed by atoms with E-state index in [0.717, 1.165) is 25.7 Å². The van der Waals surface area contributed by atoms with Gasteiger partial charge in [0.1, 0.15) is 23.7 Å². The highest BCUT2D eigenvalue weighted by Gasteiger charge is 2.26. The average Bonchev–Trinajstić information content (AvgIpc) is 3.33. The van der Waals surface area contributed by atoms with Crippen LogP contribution in [0.3, 0.4) is 0 Å². The SMILES string of the molecule is CC(C)(C)OC(=O)NC1CCC(COc2c(Cl)ncnc2-c2cnn(-c3ccccc3C#N)c2)CC1. The van der Waals surface area contributed by atoms with Crippen molar-refractivity contribution in [2.75, 3.05) is 6.61 Å². The number of ether oxygens (including phenoxy) is 2. The number of alkyl carbamates (subject to hydrolysis) is 1. The highest BCUT2D eigenvalue weighted by atomic mass is 35.5. The van der Waals surface area contributed by atoms with Crippen molar-refractivity contribution in [3.8, 4) is 28.8 Å². The van der Waals surface area contributed by atoms with E-state index in [1.165, 1.54) is 6.33 Å². The lowest BCUT2D eigenvalue weighted by atomic mass is 9.86. The quantitative estimate of drug-likeness (QED) is 0.448. The molecule has 0 aliphatic heterocycles. The maximum atomic E-state index is 12.0. The summed E-state index contributed by atoms with van der Waals surface area (Å²) in [7, 11) is 0. The first-order chi connectivity index (χ1) is 17.2. The fourth-order valence-electron chi connectivity index (χ4n) is 4.18. The second-order valence-corrected chi connectivity index (χ2v) is 10.2. The molecule has 2 heterocycles. The lowest BCUT2D eigenvalue weighted by Gasteiger charge is -2.30. The van der Waals surface area contributed by atoms with E-state index in [1.54, 1.807) is 23.1 Å². The third kappa shape index (κ3) is 6.32. The van der Waals surface area contributed by atoms with Crippen molar-refractivity contribution in [2.24, 2.45) is 5.92 Å². The van der Waals surface area contributed by atoms with Crippen LogP contribution in [0.15, 0.2) is 43.0 Å². The second kappa shape index (κ2) is 11.0. The minimum Gasteiger partial charge on any atom is -0.488 e. The van der Waals surface area contributed by atoms with Gasteiger partial charge in [-0.2, -0.15) is 10.4 Å². The molecule has 1 amide bonds. The lowest BCUT2D eigenvalue weighted by Crippen LogP contribution is -2.41. The molecule has 2 aromatic heterocycles. The summed E-state index contributed by atoms with van der Waals surface area (Å²) in [5.74, 6) is 0.720. The number of para-hydroxylation sites is 1. The Bertz CT molecular complexity index is 1260. The van der Waals surface area contributed by atoms with Crippen LogP contribution in [0.5, 0.6) is 5.75 Å². The standard InChI is InChI=1S/C26H29ClN6O3/c1-26(2,3)36-25(34)32-20-10-8-17(9-11-20)15-35-23-22(29-16-30-24(23)27)19-13-31-33(14-19)21-7-5-4-6-18(21)12-28/h4-7,13-14,16-17,20H,8-11,15H2,1-3H3,(H,32,34). The molecule has 1 fully saturated rings. The molecule has 188 valence electrons. The Labute approximate surface area is 215 Å². The summed E-state index contributed by atoms with van der Waals surface area (Å²) >= 11 is 6.39. The highest BCUT2D eigenvalue weighted by Crippen LogP contribution is 2.34. The normalized spacial score (nSPS) is 17.8. The van der Waals surface area contributed by atoms with Crippen LogP contribution in [-0.4, -0.2) is 44.1 Å². The second-order valence-electron chi connectivity index (χ2n) is 9.82. The first-order valence-corrected chi connectivity index (χ1v) is 12.3. The fourth-order valence-corrected chi connectivity index (χ4v) is 4.37. The largest absolute Gasteiger partial charge is 0.488 e. The predicted octanol–water partition coefficient (Wildman–Crippen LogP) is 5.32. The number of amides is 1. The molecule has 0 saturated heterocycles. The molecule has 1 aliphatic carbocycles. The van der Waals surface area contributed by atoms with E-state index in [4.69, 9.17) is 21.1 Å². The van der Waals surface area contributed by atoms with Crippen molar-refractivity contribution in [3.63, 3.8) is 0 Å². The van der Waals surface area contributed by atoms with E-state index in [-0.39, 0.29) is 17.3 Å². The predicted molar refractivity (Wildman–Crippen MR) is 135 cm³/mol. The Morgan fingerprint density at radius 1 is 1.22 bits per heavy atom. The van der Waals surface area contributed by atoms with Crippen molar-refractivity contribution in [1.82, 2.24) is 25.1 Å². The third-order valence-corrected chi connectivity index (χ3v) is 6.19. The van der Waals surface area contributed by atoms with Crippen molar-refractivity contribution in [2.45, 2.75) is 58.1 Å². The van der Waals surface area contributed by atoms with Crippen LogP contribution in [0.4, 0.5) is 4.79 Å². The van der Waals surface area contributed by atoms with E-state index in [0.29, 0.717) is 40.8 Å². The van der Waals surface area contributed by atoms with Crippen LogP contribution in [0.1, 0.15) is 52.0 Å². The molecule has 0 radical (unpaired) electrons. The van der Waals surface area contributed by atoms with Gasteiger partial charge in [0.25, 0.3) is 0 Å². The number of nitrogens with zero attached hydrogens (tertiary/aromatic N) is 5. The average molecular weight is 509 g/mol. The van der Waals surface area contributed by atoms with Gasteiger partial charge in [-0.3, -0.25) is 0 Å². The van der Waals surface area contributed by atoms with Crippen LogP contribution in [0.25, 0.3) is 16.9 Å². The number of carbonyl (C=O) groups excluding carboxylic acids is 1. The summed E-state index contributed by atoms with van der Waals surface area (Å²) in [6, 6.07) is 9.51. The van der Waals surface area contributed by atoms with Gasteiger partial charge >= 0.3 is 6.09 Å². The number of hydrogen-bond donors (Lipinski definition) is 1. The molecule has 10 heteroatoms. The van der Waals surface area contributed by atoms with Gasteiger partial charge in [0.2, 0.25) is 0 Å². The number of hydrogen-bond acceptors (Lipinski definition) is 7. The molecule has 1 saturated carbocycles. The monoisotopic (exact) mass is 508 g/mol. The Balaban J connectivity index is 1.40. The Kier molecular flexibility index (Phi) is 7.75. The van der Waals surface area contributed by atoms with E-state index >= 15 is 0 Å². The first-order valence-electron chi connectivity index (χ1n) is 11.9. The molecule has 0 bridgehead atoms. The lowest BCUT2D eigenvalue weighted by molar-refractivity contribution is 0.0483. The van der Waals surface area contributed by atoms with Crippen molar-refractivity contribution in [1.29, 1.82) is 5.26 Å². The van der Waals surface area contributed by atoms with Gasteiger partial charge < -0.3 is 14.8 Å². The molecule has 1 aromatic carbocycles. The van der Waals surface area contributed by atoms with E-state index in [9.17, 15) is 10.1 Å². The topological polar surface area (TPSA) is 115 Å². The molecule has 4 rings (SSSR count). The van der Waals surface area contributed by atoms with Crippen LogP contribution in [-0.2, 0) is 4.74 Å². The number of benzene rings is 1. The number of rotatable bonds is 6. The Morgan fingerprint density at radius 2 is 1.97 bits per heavy atom. The van der Waals surface area contributed by atoms with Crippen molar-refractivity contribution >= 4 is 17.7 Å². The molecule has 0 spiro atoms. The van der Waals surface area contributed by atoms with Crippen LogP contribution in [0, 0.1) is 17.2 Å². The molecule has 1 aliphatic rings. The van der Waals surface area contributed by atoms with E-state index in [2.05, 4.69) is 26.5 Å². The summed E-state index contributed by atoms with van der Waals surface area (Å²) in [5, 5.41) is 17.0. The summed E-state index contributed by atoms with van der Waals surface area (Å²) in [4.78, 5) is 20.5. The zero-order chi connectivity index (χ0) is 25.7. The van der Waals surface area contributed by atoms with E-state index in [1.807, 2.05) is 39.0 Å². The van der Waals surface area contributed by atoms with Gasteiger partial charge in [-0.05, 0) is 64.5 Å². The van der Waals surface area contributed by atoms with Crippen molar-refractivity contribution in [3.05, 3.63) is 53.7 Å². The van der Waals surface area contributed by atoms with Crippen LogP contribution < -0.4 is 10.1 Å². The molecule has 1 N–H and O–H groups in total. The maximum Gasteiger partial charge on any atom is 0.407 e. The number of nitriles is 1. The van der Waals surface area contributed by atoms with Crippen molar-refractivity contribution < 1.29 is 14.3 Å². The fraction of sp³-hybridized carbons (Fsp3) is 0.423. The van der Waals surface area contributed by atoms with Crippen LogP contribution in [0.2, 0.25) is 5.15 Å². The Hall–Kier alpha value is -3.64. The zero-order valence-electron chi connectivity index (χ0n) is 20.6. The minimum atomic E-state index is -0.514. The maximum absolute atomic E-state index is 12.0. The summed E-state index contributed by atoms with van der Waals surface area (Å²) in [5.41, 5.74) is 1.91. The van der Waals surface area contributed by atoms with Gasteiger partial charge in [-0.1, -0.05) is 23.7 Å². The molecular weight excluding hydrogens is 480 g/mol. The molecule has 36 heavy (non-hydrogen) atoms. The molecule has 9 nitrogen and oxygen atoms in total. The van der Waals surface area contributed by atoms with Gasteiger partial charge in [0, 0.05) is 17.8 Å². The smallest absolute Gasteiger partial charge is 0.407 e. The van der Waals surface area contributed by atoms with E-state index < -0.39 is 5.60 Å². The third-order valence-electron chi connectivity index (χ3n) is 5.92. The van der Waals surface area contributed by atoms with Gasteiger partial charge in [0.15, 0.2) is 10.9 Å². The van der Waals surface area contributed by atoms with Gasteiger partial charge in [-0.15, -0.1) is 0 Å². The summed E-state index contributed by atoms with van der Waals surface area (Å²) in [6.45, 7) is 6.02. The molecule has 0 atom stereocenters. The van der Waals surface area contributed by atoms with Gasteiger partial charge in [-0.25, -0.2) is 19.4 Å². The number of nitrogens with one attached hydrogen (secondary N) is 1. The number of aromatic nitrogens is 4. The number of halogens is 1. The Morgan fingerprint density at radius 3 is 2.69 bits per heavy atom. The zero-order valence-corrected chi connectivity index (χ0v) is 21.3. The first kappa shape index (κ1) is 25.5.